The number of phenols is 1. The number of alkyl halides is 3. The van der Waals surface area contributed by atoms with Crippen molar-refractivity contribution in [1.82, 2.24) is 0 Å². The van der Waals surface area contributed by atoms with Gasteiger partial charge in [0.05, 0.1) is 0 Å². The van der Waals surface area contributed by atoms with Gasteiger partial charge in [-0.1, -0.05) is 42.5 Å². The number of aryl methyl sites for hydroxylation is 3. The molecule has 0 aliphatic heterocycles. The molecule has 3 aromatic rings. The van der Waals surface area contributed by atoms with Gasteiger partial charge in [-0.05, 0) is 55.2 Å². The summed E-state index contributed by atoms with van der Waals surface area (Å²) in [6, 6.07) is 13.4. The van der Waals surface area contributed by atoms with Gasteiger partial charge >= 0.3 is 6.18 Å². The number of rotatable bonds is 3. The molecule has 0 amide bonds. The minimum absolute atomic E-state index is 0.00601. The highest BCUT2D eigenvalue weighted by atomic mass is 19.4. The third kappa shape index (κ3) is 2.68. The lowest BCUT2D eigenvalue weighted by Gasteiger charge is -2.35. The second-order valence-corrected chi connectivity index (χ2v) is 6.48. The largest absolute Gasteiger partial charge is 0.507 e. The van der Waals surface area contributed by atoms with Crippen molar-refractivity contribution < 1.29 is 22.7 Å². The monoisotopic (exact) mass is 360 g/mol. The molecule has 26 heavy (non-hydrogen) atoms. The van der Waals surface area contributed by atoms with Crippen molar-refractivity contribution in [1.29, 1.82) is 0 Å². The van der Waals surface area contributed by atoms with Gasteiger partial charge in [0.15, 0.2) is 5.41 Å². The predicted octanol–water partition coefficient (Wildman–Crippen LogP) is 5.81. The smallest absolute Gasteiger partial charge is 0.409 e. The first kappa shape index (κ1) is 18.1. The molecule has 1 N–H and O–H groups in total. The number of hydrogen-bond acceptors (Lipinski definition) is 2. The Bertz CT molecular complexity index is 903. The number of furan rings is 1. The van der Waals surface area contributed by atoms with Gasteiger partial charge in [0, 0.05) is 0 Å². The maximum absolute atomic E-state index is 14.7. The number of aromatic hydroxyl groups is 1. The lowest BCUT2D eigenvalue weighted by molar-refractivity contribution is -0.170. The molecule has 2 nitrogen and oxygen atoms in total. The lowest BCUT2D eigenvalue weighted by Crippen LogP contribution is -2.44. The van der Waals surface area contributed by atoms with Gasteiger partial charge in [0.2, 0.25) is 0 Å². The van der Waals surface area contributed by atoms with Crippen molar-refractivity contribution in [3.8, 4) is 5.75 Å². The Hall–Kier alpha value is -2.69. The second-order valence-electron chi connectivity index (χ2n) is 6.48. The van der Waals surface area contributed by atoms with E-state index in [1.165, 1.54) is 36.4 Å². The van der Waals surface area contributed by atoms with Crippen LogP contribution in [0.25, 0.3) is 0 Å². The summed E-state index contributed by atoms with van der Waals surface area (Å²) in [4.78, 5) is 0. The highest BCUT2D eigenvalue weighted by Gasteiger charge is 2.60. The number of halogens is 3. The standard InChI is InChI=1S/C21H19F3O2/c1-13-11-17(12-14(2)19(13)25)20(21(22,23)24,16-7-5-4-6-8-16)18-10-9-15(3)26-18/h4-12,25H,1-3H3. The fourth-order valence-electron chi connectivity index (χ4n) is 3.41. The summed E-state index contributed by atoms with van der Waals surface area (Å²) in [6.45, 7) is 4.79. The molecular formula is C21H19F3O2. The molecule has 0 bridgehead atoms. The molecule has 5 heteroatoms. The Kier molecular flexibility index (Phi) is 4.34. The van der Waals surface area contributed by atoms with Gasteiger partial charge in [-0.3, -0.25) is 0 Å². The van der Waals surface area contributed by atoms with Gasteiger partial charge in [0.1, 0.15) is 17.3 Å². The molecule has 3 rings (SSSR count). The summed E-state index contributed by atoms with van der Waals surface area (Å²) in [5, 5.41) is 10.0. The van der Waals surface area contributed by atoms with Crippen LogP contribution in [0.4, 0.5) is 13.2 Å². The molecule has 0 fully saturated rings. The first-order chi connectivity index (χ1) is 12.2. The maximum atomic E-state index is 14.7. The SMILES string of the molecule is Cc1ccc(C(c2ccccc2)(c2cc(C)c(O)c(C)c2)C(F)(F)F)o1. The molecule has 0 spiro atoms. The van der Waals surface area contributed by atoms with E-state index in [1.807, 2.05) is 0 Å². The Morgan fingerprint density at radius 1 is 0.808 bits per heavy atom. The van der Waals surface area contributed by atoms with Gasteiger partial charge in [-0.25, -0.2) is 0 Å². The van der Waals surface area contributed by atoms with E-state index >= 15 is 0 Å². The van der Waals surface area contributed by atoms with Crippen LogP contribution in [0.3, 0.4) is 0 Å². The highest BCUT2D eigenvalue weighted by Crippen LogP contribution is 2.52. The number of phenolic OH excluding ortho intramolecular Hbond substituents is 1. The zero-order valence-corrected chi connectivity index (χ0v) is 14.7. The van der Waals surface area contributed by atoms with E-state index in [2.05, 4.69) is 0 Å². The van der Waals surface area contributed by atoms with E-state index < -0.39 is 11.6 Å². The van der Waals surface area contributed by atoms with Crippen LogP contribution in [0, 0.1) is 20.8 Å². The van der Waals surface area contributed by atoms with E-state index in [9.17, 15) is 18.3 Å². The van der Waals surface area contributed by atoms with Crippen molar-refractivity contribution in [2.75, 3.05) is 0 Å². The van der Waals surface area contributed by atoms with Crippen molar-refractivity contribution in [2.24, 2.45) is 0 Å². The minimum Gasteiger partial charge on any atom is -0.507 e. The van der Waals surface area contributed by atoms with Gasteiger partial charge in [-0.15, -0.1) is 0 Å². The van der Waals surface area contributed by atoms with Gasteiger partial charge in [-0.2, -0.15) is 13.2 Å². The average molecular weight is 360 g/mol. The van der Waals surface area contributed by atoms with Crippen LogP contribution in [-0.2, 0) is 5.41 Å². The normalized spacial score (nSPS) is 14.2. The number of benzene rings is 2. The van der Waals surface area contributed by atoms with Crippen LogP contribution in [0.15, 0.2) is 59.0 Å². The second kappa shape index (κ2) is 6.24. The highest BCUT2D eigenvalue weighted by molar-refractivity contribution is 5.54. The summed E-state index contributed by atoms with van der Waals surface area (Å²) < 4.78 is 49.6. The minimum atomic E-state index is -4.66. The lowest BCUT2D eigenvalue weighted by atomic mass is 9.71. The van der Waals surface area contributed by atoms with Crippen LogP contribution in [-0.4, -0.2) is 11.3 Å². The van der Waals surface area contributed by atoms with Crippen LogP contribution >= 0.6 is 0 Å². The van der Waals surface area contributed by atoms with Gasteiger partial charge < -0.3 is 9.52 Å². The predicted molar refractivity (Wildman–Crippen MR) is 93.4 cm³/mol. The van der Waals surface area contributed by atoms with E-state index in [-0.39, 0.29) is 22.6 Å². The van der Waals surface area contributed by atoms with Crippen LogP contribution < -0.4 is 0 Å². The zero-order valence-electron chi connectivity index (χ0n) is 14.7. The molecule has 1 unspecified atom stereocenters. The number of hydrogen-bond donors (Lipinski definition) is 1. The summed E-state index contributed by atoms with van der Waals surface area (Å²) in [6.07, 6.45) is -4.66. The Labute approximate surface area is 149 Å². The molecule has 0 aliphatic rings. The van der Waals surface area contributed by atoms with Crippen molar-refractivity contribution >= 4 is 0 Å². The third-order valence-corrected chi connectivity index (χ3v) is 4.67. The molecular weight excluding hydrogens is 341 g/mol. The summed E-state index contributed by atoms with van der Waals surface area (Å²) in [5.41, 5.74) is -1.63. The van der Waals surface area contributed by atoms with Crippen LogP contribution in [0.1, 0.15) is 33.8 Å². The van der Waals surface area contributed by atoms with Crippen LogP contribution in [0.5, 0.6) is 5.75 Å². The maximum Gasteiger partial charge on any atom is 0.409 e. The van der Waals surface area contributed by atoms with Crippen LogP contribution in [0.2, 0.25) is 0 Å². The fraction of sp³-hybridized carbons (Fsp3) is 0.238. The van der Waals surface area contributed by atoms with Crippen molar-refractivity contribution in [3.63, 3.8) is 0 Å². The summed E-state index contributed by atoms with van der Waals surface area (Å²) in [7, 11) is 0. The third-order valence-electron chi connectivity index (χ3n) is 4.67. The average Bonchev–Trinajstić information content (AvgIpc) is 2.99. The first-order valence-corrected chi connectivity index (χ1v) is 8.17. The Balaban J connectivity index is 2.46. The molecule has 0 radical (unpaired) electrons. The molecule has 0 saturated heterocycles. The molecule has 0 aliphatic carbocycles. The fourth-order valence-corrected chi connectivity index (χ4v) is 3.41. The first-order valence-electron chi connectivity index (χ1n) is 8.17. The van der Waals surface area contributed by atoms with Gasteiger partial charge in [0.25, 0.3) is 0 Å². The Morgan fingerprint density at radius 2 is 1.38 bits per heavy atom. The van der Waals surface area contributed by atoms with E-state index in [0.29, 0.717) is 16.9 Å². The van der Waals surface area contributed by atoms with Crippen molar-refractivity contribution in [3.05, 3.63) is 88.4 Å². The molecule has 2 aromatic carbocycles. The van der Waals surface area contributed by atoms with E-state index in [1.54, 1.807) is 39.0 Å². The summed E-state index contributed by atoms with van der Waals surface area (Å²) >= 11 is 0. The molecule has 0 saturated carbocycles. The van der Waals surface area contributed by atoms with E-state index in [0.717, 1.165) is 0 Å². The quantitative estimate of drug-likeness (QED) is 0.640. The molecule has 1 atom stereocenters. The zero-order chi connectivity index (χ0) is 19.1. The molecule has 1 heterocycles. The van der Waals surface area contributed by atoms with E-state index in [4.69, 9.17) is 4.42 Å². The molecule has 136 valence electrons. The Morgan fingerprint density at radius 3 is 1.85 bits per heavy atom. The summed E-state index contributed by atoms with van der Waals surface area (Å²) in [5.74, 6) is 0.198. The topological polar surface area (TPSA) is 33.4 Å². The van der Waals surface area contributed by atoms with Crippen molar-refractivity contribution in [2.45, 2.75) is 32.4 Å². The molecule has 1 aromatic heterocycles.